The van der Waals surface area contributed by atoms with E-state index in [1.165, 1.54) is 38.2 Å². The first-order valence-electron chi connectivity index (χ1n) is 8.65. The molecule has 2 N–H and O–H groups in total. The predicted octanol–water partition coefficient (Wildman–Crippen LogP) is 4.61. The third-order valence-electron chi connectivity index (χ3n) is 5.28. The quantitative estimate of drug-likeness (QED) is 0.751. The van der Waals surface area contributed by atoms with Crippen LogP contribution in [0.3, 0.4) is 0 Å². The zero-order valence-corrected chi connectivity index (χ0v) is 13.6. The molecule has 0 radical (unpaired) electrons. The Morgan fingerprint density at radius 1 is 1.12 bits per heavy atom. The lowest BCUT2D eigenvalue weighted by Crippen LogP contribution is -2.14. The summed E-state index contributed by atoms with van der Waals surface area (Å²) >= 11 is 0. The van der Waals surface area contributed by atoms with Gasteiger partial charge >= 0.3 is 0 Å². The summed E-state index contributed by atoms with van der Waals surface area (Å²) in [6.07, 6.45) is 6.27. The van der Waals surface area contributed by atoms with E-state index < -0.39 is 5.91 Å². The summed E-state index contributed by atoms with van der Waals surface area (Å²) in [6, 6.07) is 10.4. The number of carbonyl (C=O) groups is 1. The lowest BCUT2D eigenvalue weighted by molar-refractivity contribution is 0.100. The highest BCUT2D eigenvalue weighted by Crippen LogP contribution is 2.34. The smallest absolute Gasteiger partial charge is 0.249 e. The molecule has 3 aromatic rings. The molecule has 0 bridgehead atoms. The molecule has 1 saturated carbocycles. The van der Waals surface area contributed by atoms with Gasteiger partial charge in [-0.25, -0.2) is 4.39 Å². The first-order chi connectivity index (χ1) is 11.6. The highest BCUT2D eigenvalue weighted by molar-refractivity contribution is 6.17. The van der Waals surface area contributed by atoms with Crippen LogP contribution in [0.15, 0.2) is 36.4 Å². The fourth-order valence-corrected chi connectivity index (χ4v) is 4.15. The van der Waals surface area contributed by atoms with E-state index in [9.17, 15) is 9.18 Å². The average Bonchev–Trinajstić information content (AvgIpc) is 2.89. The molecule has 0 saturated heterocycles. The van der Waals surface area contributed by atoms with Crippen molar-refractivity contribution in [2.75, 3.05) is 0 Å². The SMILES string of the molecule is NC(=O)c1cccc2c1c1ccc(F)cc1n2CC1CCCCC1. The Labute approximate surface area is 140 Å². The number of halogens is 1. The number of nitrogens with two attached hydrogens (primary N) is 1. The summed E-state index contributed by atoms with van der Waals surface area (Å²) < 4.78 is 16.1. The van der Waals surface area contributed by atoms with Gasteiger partial charge in [0.25, 0.3) is 0 Å². The fraction of sp³-hybridized carbons (Fsp3) is 0.350. The Morgan fingerprint density at radius 2 is 1.92 bits per heavy atom. The first kappa shape index (κ1) is 15.2. The van der Waals surface area contributed by atoms with Gasteiger partial charge in [0.15, 0.2) is 0 Å². The molecule has 2 aromatic carbocycles. The zero-order valence-electron chi connectivity index (χ0n) is 13.6. The molecule has 0 aliphatic heterocycles. The Morgan fingerprint density at radius 3 is 2.67 bits per heavy atom. The number of carbonyl (C=O) groups excluding carboxylic acids is 1. The van der Waals surface area contributed by atoms with Gasteiger partial charge in [-0.3, -0.25) is 4.79 Å². The van der Waals surface area contributed by atoms with Gasteiger partial charge in [0.1, 0.15) is 5.82 Å². The van der Waals surface area contributed by atoms with Crippen molar-refractivity contribution in [3.8, 4) is 0 Å². The maximum absolute atomic E-state index is 13.9. The van der Waals surface area contributed by atoms with Crippen LogP contribution in [0.5, 0.6) is 0 Å². The van der Waals surface area contributed by atoms with Gasteiger partial charge in [0.2, 0.25) is 5.91 Å². The van der Waals surface area contributed by atoms with E-state index in [2.05, 4.69) is 4.57 Å². The number of rotatable bonds is 3. The first-order valence-corrected chi connectivity index (χ1v) is 8.65. The van der Waals surface area contributed by atoms with Gasteiger partial charge in [-0.2, -0.15) is 0 Å². The number of hydrogen-bond donors (Lipinski definition) is 1. The van der Waals surface area contributed by atoms with Gasteiger partial charge in [-0.1, -0.05) is 25.3 Å². The second-order valence-corrected chi connectivity index (χ2v) is 6.84. The molecule has 24 heavy (non-hydrogen) atoms. The molecule has 1 aliphatic rings. The standard InChI is InChI=1S/C20H21FN2O/c21-14-9-10-15-18(11-14)23(12-13-5-2-1-3-6-13)17-8-4-7-16(19(15)17)20(22)24/h4,7-11,13H,1-3,5-6,12H2,(H2,22,24). The summed E-state index contributed by atoms with van der Waals surface area (Å²) in [5.74, 6) is -0.0875. The van der Waals surface area contributed by atoms with E-state index in [1.807, 2.05) is 12.1 Å². The van der Waals surface area contributed by atoms with E-state index in [4.69, 9.17) is 5.73 Å². The number of aromatic nitrogens is 1. The Balaban J connectivity index is 1.96. The Bertz CT molecular complexity index is 922. The molecule has 0 atom stereocenters. The maximum Gasteiger partial charge on any atom is 0.249 e. The largest absolute Gasteiger partial charge is 0.366 e. The molecular formula is C20H21FN2O. The molecule has 1 fully saturated rings. The van der Waals surface area contributed by atoms with Gasteiger partial charge < -0.3 is 10.3 Å². The van der Waals surface area contributed by atoms with Crippen LogP contribution >= 0.6 is 0 Å². The number of benzene rings is 2. The van der Waals surface area contributed by atoms with Crippen molar-refractivity contribution >= 4 is 27.7 Å². The Kier molecular flexibility index (Phi) is 3.75. The van der Waals surface area contributed by atoms with Crippen molar-refractivity contribution in [2.45, 2.75) is 38.6 Å². The van der Waals surface area contributed by atoms with Crippen LogP contribution < -0.4 is 5.73 Å². The van der Waals surface area contributed by atoms with E-state index in [1.54, 1.807) is 18.2 Å². The molecular weight excluding hydrogens is 303 g/mol. The summed E-state index contributed by atoms with van der Waals surface area (Å²) in [5, 5.41) is 1.74. The molecule has 1 aromatic heterocycles. The number of amides is 1. The molecule has 3 nitrogen and oxygen atoms in total. The average molecular weight is 324 g/mol. The maximum atomic E-state index is 13.9. The van der Waals surface area contributed by atoms with Gasteiger partial charge in [0.05, 0.1) is 5.52 Å². The lowest BCUT2D eigenvalue weighted by atomic mass is 9.89. The monoisotopic (exact) mass is 324 g/mol. The minimum Gasteiger partial charge on any atom is -0.366 e. The topological polar surface area (TPSA) is 48.0 Å². The number of nitrogens with zero attached hydrogens (tertiary/aromatic N) is 1. The zero-order chi connectivity index (χ0) is 16.7. The lowest BCUT2D eigenvalue weighted by Gasteiger charge is -2.23. The van der Waals surface area contributed by atoms with Crippen LogP contribution in [0.2, 0.25) is 0 Å². The Hall–Kier alpha value is -2.36. The molecule has 1 heterocycles. The van der Waals surface area contributed by atoms with Gasteiger partial charge in [-0.05, 0) is 49.1 Å². The second kappa shape index (κ2) is 5.93. The van der Waals surface area contributed by atoms with Crippen LogP contribution in [0.1, 0.15) is 42.5 Å². The third kappa shape index (κ3) is 2.46. The fourth-order valence-electron chi connectivity index (χ4n) is 4.15. The van der Waals surface area contributed by atoms with Gasteiger partial charge in [-0.15, -0.1) is 0 Å². The van der Waals surface area contributed by atoms with Crippen LogP contribution in [0.4, 0.5) is 4.39 Å². The van der Waals surface area contributed by atoms with Crippen molar-refractivity contribution in [1.29, 1.82) is 0 Å². The van der Waals surface area contributed by atoms with Crippen molar-refractivity contribution in [2.24, 2.45) is 11.7 Å². The highest BCUT2D eigenvalue weighted by Gasteiger charge is 2.20. The molecule has 124 valence electrons. The summed E-state index contributed by atoms with van der Waals surface area (Å²) in [5.41, 5.74) is 7.90. The predicted molar refractivity (Wildman–Crippen MR) is 94.5 cm³/mol. The van der Waals surface area contributed by atoms with Crippen molar-refractivity contribution in [3.05, 3.63) is 47.8 Å². The van der Waals surface area contributed by atoms with E-state index >= 15 is 0 Å². The van der Waals surface area contributed by atoms with Crippen LogP contribution in [0, 0.1) is 11.7 Å². The molecule has 4 rings (SSSR count). The van der Waals surface area contributed by atoms with Crippen LogP contribution in [-0.2, 0) is 6.54 Å². The minimum atomic E-state index is -0.443. The number of hydrogen-bond acceptors (Lipinski definition) is 1. The van der Waals surface area contributed by atoms with E-state index in [0.29, 0.717) is 11.5 Å². The van der Waals surface area contributed by atoms with Crippen molar-refractivity contribution < 1.29 is 9.18 Å². The normalized spacial score (nSPS) is 16.0. The second-order valence-electron chi connectivity index (χ2n) is 6.84. The van der Waals surface area contributed by atoms with Gasteiger partial charge in [0, 0.05) is 28.4 Å². The summed E-state index contributed by atoms with van der Waals surface area (Å²) in [4.78, 5) is 11.9. The van der Waals surface area contributed by atoms with E-state index in [-0.39, 0.29) is 5.82 Å². The minimum absolute atomic E-state index is 0.254. The molecule has 0 spiro atoms. The highest BCUT2D eigenvalue weighted by atomic mass is 19.1. The van der Waals surface area contributed by atoms with Crippen molar-refractivity contribution in [3.63, 3.8) is 0 Å². The van der Waals surface area contributed by atoms with E-state index in [0.717, 1.165) is 28.4 Å². The summed E-state index contributed by atoms with van der Waals surface area (Å²) in [7, 11) is 0. The number of primary amides is 1. The summed E-state index contributed by atoms with van der Waals surface area (Å²) in [6.45, 7) is 0.867. The molecule has 0 unspecified atom stereocenters. The van der Waals surface area contributed by atoms with Crippen LogP contribution in [0.25, 0.3) is 21.8 Å². The number of fused-ring (bicyclic) bond motifs is 3. The van der Waals surface area contributed by atoms with Crippen LogP contribution in [-0.4, -0.2) is 10.5 Å². The molecule has 4 heteroatoms. The molecule has 1 amide bonds. The van der Waals surface area contributed by atoms with Crippen molar-refractivity contribution in [1.82, 2.24) is 4.57 Å². The third-order valence-corrected chi connectivity index (χ3v) is 5.28. The molecule has 1 aliphatic carbocycles.